The molecule has 0 saturated carbocycles. The van der Waals surface area contributed by atoms with E-state index in [4.69, 9.17) is 14.2 Å². The Kier molecular flexibility index (Phi) is 7.70. The number of halogens is 3. The lowest BCUT2D eigenvalue weighted by Crippen LogP contribution is -2.22. The van der Waals surface area contributed by atoms with Crippen molar-refractivity contribution in [3.63, 3.8) is 0 Å². The number of alkyl halides is 3. The van der Waals surface area contributed by atoms with Crippen LogP contribution in [0, 0.1) is 6.92 Å². The standard InChI is InChI=1S/C20H20F3NO7/c1-11-3-5-13(18(27)17(11)26)19(28)31-10-16(25)24-14-9-12(20(21,22)23)4-6-15(14)30-8-7-29-2/h3-6,9,26-27H,7-8,10H2,1-2H3,(H,24,25). The van der Waals surface area contributed by atoms with Gasteiger partial charge in [-0.25, -0.2) is 4.79 Å². The summed E-state index contributed by atoms with van der Waals surface area (Å²) < 4.78 is 53.9. The smallest absolute Gasteiger partial charge is 0.416 e. The van der Waals surface area contributed by atoms with Crippen LogP contribution in [-0.4, -0.2) is 49.0 Å². The van der Waals surface area contributed by atoms with Crippen molar-refractivity contribution >= 4 is 17.6 Å². The van der Waals surface area contributed by atoms with E-state index < -0.39 is 41.7 Å². The van der Waals surface area contributed by atoms with E-state index >= 15 is 0 Å². The number of ether oxygens (including phenoxy) is 3. The molecule has 3 N–H and O–H groups in total. The number of hydrogen-bond acceptors (Lipinski definition) is 7. The SMILES string of the molecule is COCCOc1ccc(C(F)(F)F)cc1NC(=O)COC(=O)c1ccc(C)c(O)c1O. The van der Waals surface area contributed by atoms with Gasteiger partial charge in [-0.2, -0.15) is 13.2 Å². The molecule has 0 unspecified atom stereocenters. The van der Waals surface area contributed by atoms with Gasteiger partial charge in [0.05, 0.1) is 17.9 Å². The third-order valence-corrected chi connectivity index (χ3v) is 4.03. The van der Waals surface area contributed by atoms with Gasteiger partial charge in [-0.1, -0.05) is 6.07 Å². The van der Waals surface area contributed by atoms with E-state index in [9.17, 15) is 33.0 Å². The summed E-state index contributed by atoms with van der Waals surface area (Å²) in [6, 6.07) is 5.08. The number of nitrogens with one attached hydrogen (secondary N) is 1. The fraction of sp³-hybridized carbons (Fsp3) is 0.300. The number of amides is 1. The molecule has 0 fully saturated rings. The van der Waals surface area contributed by atoms with E-state index in [0.717, 1.165) is 12.1 Å². The van der Waals surface area contributed by atoms with Crippen LogP contribution in [0.15, 0.2) is 30.3 Å². The summed E-state index contributed by atoms with van der Waals surface area (Å²) in [7, 11) is 1.42. The predicted molar refractivity (Wildman–Crippen MR) is 102 cm³/mol. The van der Waals surface area contributed by atoms with E-state index in [0.29, 0.717) is 11.6 Å². The second-order valence-electron chi connectivity index (χ2n) is 6.30. The molecule has 0 aliphatic rings. The largest absolute Gasteiger partial charge is 0.504 e. The first-order chi connectivity index (χ1) is 14.5. The Bertz CT molecular complexity index is 961. The molecule has 1 amide bonds. The molecule has 0 saturated heterocycles. The van der Waals surface area contributed by atoms with Crippen molar-refractivity contribution in [2.45, 2.75) is 13.1 Å². The lowest BCUT2D eigenvalue weighted by Gasteiger charge is -2.15. The predicted octanol–water partition coefficient (Wildman–Crippen LogP) is 3.25. The fourth-order valence-electron chi connectivity index (χ4n) is 2.41. The van der Waals surface area contributed by atoms with Gasteiger partial charge in [0.1, 0.15) is 17.9 Å². The second kappa shape index (κ2) is 10.0. The van der Waals surface area contributed by atoms with Crippen LogP contribution in [0.5, 0.6) is 17.2 Å². The number of methoxy groups -OCH3 is 1. The molecule has 0 heterocycles. The Labute approximate surface area is 175 Å². The molecule has 0 aliphatic heterocycles. The molecule has 8 nitrogen and oxygen atoms in total. The summed E-state index contributed by atoms with van der Waals surface area (Å²) in [5.74, 6) is -3.31. The van der Waals surface area contributed by atoms with Crippen LogP contribution < -0.4 is 10.1 Å². The summed E-state index contributed by atoms with van der Waals surface area (Å²) in [6.07, 6.45) is -4.65. The number of benzene rings is 2. The van der Waals surface area contributed by atoms with E-state index in [1.807, 2.05) is 0 Å². The van der Waals surface area contributed by atoms with E-state index in [-0.39, 0.29) is 30.2 Å². The van der Waals surface area contributed by atoms with Gasteiger partial charge in [-0.05, 0) is 36.8 Å². The monoisotopic (exact) mass is 443 g/mol. The van der Waals surface area contributed by atoms with Crippen LogP contribution in [0.1, 0.15) is 21.5 Å². The lowest BCUT2D eigenvalue weighted by molar-refractivity contribution is -0.137. The number of esters is 1. The van der Waals surface area contributed by atoms with E-state index in [1.165, 1.54) is 26.2 Å². The first-order valence-electron chi connectivity index (χ1n) is 8.86. The molecule has 0 aliphatic carbocycles. The maximum Gasteiger partial charge on any atom is 0.416 e. The van der Waals surface area contributed by atoms with Crippen molar-refractivity contribution in [2.24, 2.45) is 0 Å². The van der Waals surface area contributed by atoms with Gasteiger partial charge in [0.2, 0.25) is 0 Å². The molecule has 0 bridgehead atoms. The summed E-state index contributed by atoms with van der Waals surface area (Å²) in [4.78, 5) is 24.2. The Morgan fingerprint density at radius 2 is 1.77 bits per heavy atom. The molecule has 2 aromatic carbocycles. The van der Waals surface area contributed by atoms with Gasteiger partial charge in [0, 0.05) is 7.11 Å². The molecular formula is C20H20F3NO7. The topological polar surface area (TPSA) is 114 Å². The minimum Gasteiger partial charge on any atom is -0.504 e. The van der Waals surface area contributed by atoms with Crippen LogP contribution in [-0.2, 0) is 20.4 Å². The molecular weight excluding hydrogens is 423 g/mol. The second-order valence-corrected chi connectivity index (χ2v) is 6.30. The maximum absolute atomic E-state index is 13.0. The van der Waals surface area contributed by atoms with Gasteiger partial charge in [0.25, 0.3) is 5.91 Å². The molecule has 11 heteroatoms. The number of phenolic OH excluding ortho intramolecular Hbond substituents is 2. The molecule has 0 radical (unpaired) electrons. The summed E-state index contributed by atoms with van der Waals surface area (Å²) in [5, 5.41) is 21.7. The molecule has 31 heavy (non-hydrogen) atoms. The van der Waals surface area contributed by atoms with Crippen molar-refractivity contribution < 1.29 is 47.2 Å². The quantitative estimate of drug-likeness (QED) is 0.326. The Hall–Kier alpha value is -3.47. The average molecular weight is 443 g/mol. The Morgan fingerprint density at radius 1 is 1.06 bits per heavy atom. The minimum absolute atomic E-state index is 0.0237. The van der Waals surface area contributed by atoms with Crippen LogP contribution in [0.25, 0.3) is 0 Å². The van der Waals surface area contributed by atoms with Gasteiger partial charge in [-0.3, -0.25) is 4.79 Å². The highest BCUT2D eigenvalue weighted by atomic mass is 19.4. The van der Waals surface area contributed by atoms with Crippen LogP contribution in [0.4, 0.5) is 18.9 Å². The number of carbonyl (C=O) groups excluding carboxylic acids is 2. The summed E-state index contributed by atoms with van der Waals surface area (Å²) in [6.45, 7) is 0.828. The third kappa shape index (κ3) is 6.25. The zero-order valence-corrected chi connectivity index (χ0v) is 16.6. The molecule has 2 rings (SSSR count). The molecule has 0 aromatic heterocycles. The Balaban J connectivity index is 2.11. The van der Waals surface area contributed by atoms with Crippen LogP contribution in [0.2, 0.25) is 0 Å². The number of hydrogen-bond donors (Lipinski definition) is 3. The lowest BCUT2D eigenvalue weighted by atomic mass is 10.1. The minimum atomic E-state index is -4.65. The normalized spacial score (nSPS) is 11.1. The first kappa shape index (κ1) is 23.8. The van der Waals surface area contributed by atoms with Crippen LogP contribution in [0.3, 0.4) is 0 Å². The van der Waals surface area contributed by atoms with Gasteiger partial charge in [0.15, 0.2) is 18.1 Å². The van der Waals surface area contributed by atoms with Crippen molar-refractivity contribution in [2.75, 3.05) is 32.2 Å². The third-order valence-electron chi connectivity index (χ3n) is 4.03. The van der Waals surface area contributed by atoms with Gasteiger partial charge >= 0.3 is 12.1 Å². The van der Waals surface area contributed by atoms with Crippen LogP contribution >= 0.6 is 0 Å². The number of aryl methyl sites for hydroxylation is 1. The summed E-state index contributed by atoms with van der Waals surface area (Å²) in [5.41, 5.74) is -1.35. The molecule has 0 atom stereocenters. The average Bonchev–Trinajstić information content (AvgIpc) is 2.71. The molecule has 0 spiro atoms. The van der Waals surface area contributed by atoms with Gasteiger partial charge < -0.3 is 29.7 Å². The van der Waals surface area contributed by atoms with E-state index in [1.54, 1.807) is 0 Å². The number of anilines is 1. The van der Waals surface area contributed by atoms with E-state index in [2.05, 4.69) is 5.32 Å². The number of aromatic hydroxyl groups is 2. The van der Waals surface area contributed by atoms with Crippen molar-refractivity contribution in [3.8, 4) is 17.2 Å². The number of phenols is 2. The highest BCUT2D eigenvalue weighted by molar-refractivity contribution is 5.98. The van der Waals surface area contributed by atoms with Crippen molar-refractivity contribution in [3.05, 3.63) is 47.0 Å². The zero-order chi connectivity index (χ0) is 23.2. The highest BCUT2D eigenvalue weighted by Gasteiger charge is 2.31. The molecule has 2 aromatic rings. The number of rotatable bonds is 8. The first-order valence-corrected chi connectivity index (χ1v) is 8.86. The highest BCUT2D eigenvalue weighted by Crippen LogP contribution is 2.35. The number of carbonyl (C=O) groups is 2. The van der Waals surface area contributed by atoms with Crippen molar-refractivity contribution in [1.29, 1.82) is 0 Å². The Morgan fingerprint density at radius 3 is 2.42 bits per heavy atom. The van der Waals surface area contributed by atoms with Crippen molar-refractivity contribution in [1.82, 2.24) is 0 Å². The zero-order valence-electron chi connectivity index (χ0n) is 16.6. The fourth-order valence-corrected chi connectivity index (χ4v) is 2.41. The maximum atomic E-state index is 13.0. The van der Waals surface area contributed by atoms with Gasteiger partial charge in [-0.15, -0.1) is 0 Å². The molecule has 168 valence electrons. The summed E-state index contributed by atoms with van der Waals surface area (Å²) >= 11 is 0.